The van der Waals surface area contributed by atoms with Crippen LogP contribution in [-0.4, -0.2) is 19.9 Å². The number of pyridine rings is 1. The van der Waals surface area contributed by atoms with Crippen LogP contribution in [0.4, 0.5) is 0 Å². The van der Waals surface area contributed by atoms with Crippen molar-refractivity contribution in [3.05, 3.63) is 181 Å². The van der Waals surface area contributed by atoms with Crippen LogP contribution in [0, 0.1) is 13.8 Å². The first-order valence-electron chi connectivity index (χ1n) is 16.8. The van der Waals surface area contributed by atoms with Gasteiger partial charge in [-0.25, -0.2) is 15.0 Å². The number of hydrogen-bond donors (Lipinski definition) is 0. The lowest BCUT2D eigenvalue weighted by molar-refractivity contribution is 1.07. The van der Waals surface area contributed by atoms with Crippen LogP contribution in [-0.2, 0) is 0 Å². The van der Waals surface area contributed by atoms with E-state index in [1.54, 1.807) is 0 Å². The smallest absolute Gasteiger partial charge is 0.164 e. The molecule has 0 N–H and O–H groups in total. The number of nitrogens with zero attached hydrogens (tertiary/aromatic N) is 4. The SMILES string of the molecule is Cc1ccc(-c2ccccc2-c2nc(-c3ccccc3)nc(-c3ccc(-c4ccc(-c5ccccc5)cc4-c4ccccc4)cc3)n2)c(C)n1. The monoisotopic (exact) mass is 642 g/mol. The van der Waals surface area contributed by atoms with E-state index in [2.05, 4.69) is 121 Å². The Kier molecular flexibility index (Phi) is 8.34. The van der Waals surface area contributed by atoms with E-state index in [9.17, 15) is 0 Å². The van der Waals surface area contributed by atoms with E-state index in [0.717, 1.165) is 44.8 Å². The molecule has 0 radical (unpaired) electrons. The van der Waals surface area contributed by atoms with E-state index in [4.69, 9.17) is 19.9 Å². The molecule has 0 spiro atoms. The van der Waals surface area contributed by atoms with Crippen molar-refractivity contribution in [1.82, 2.24) is 19.9 Å². The molecule has 2 aromatic heterocycles. The normalized spacial score (nSPS) is 11.0. The zero-order valence-corrected chi connectivity index (χ0v) is 28.0. The maximum absolute atomic E-state index is 5.10. The summed E-state index contributed by atoms with van der Waals surface area (Å²) in [6, 6.07) is 59.0. The number of aromatic nitrogens is 4. The van der Waals surface area contributed by atoms with Crippen molar-refractivity contribution in [3.63, 3.8) is 0 Å². The van der Waals surface area contributed by atoms with Gasteiger partial charge in [0.1, 0.15) is 0 Å². The van der Waals surface area contributed by atoms with Gasteiger partial charge in [-0.1, -0.05) is 158 Å². The number of hydrogen-bond acceptors (Lipinski definition) is 4. The summed E-state index contributed by atoms with van der Waals surface area (Å²) < 4.78 is 0. The first kappa shape index (κ1) is 30.8. The van der Waals surface area contributed by atoms with Gasteiger partial charge in [0.2, 0.25) is 0 Å². The Morgan fingerprint density at radius 2 is 0.740 bits per heavy atom. The largest absolute Gasteiger partial charge is 0.258 e. The van der Waals surface area contributed by atoms with Crippen LogP contribution < -0.4 is 0 Å². The summed E-state index contributed by atoms with van der Waals surface area (Å²) >= 11 is 0. The van der Waals surface area contributed by atoms with E-state index in [1.807, 2.05) is 62.4 Å². The zero-order valence-electron chi connectivity index (χ0n) is 28.0. The molecule has 238 valence electrons. The molecule has 2 heterocycles. The molecule has 50 heavy (non-hydrogen) atoms. The summed E-state index contributed by atoms with van der Waals surface area (Å²) in [5, 5.41) is 0. The summed E-state index contributed by atoms with van der Waals surface area (Å²) in [4.78, 5) is 19.9. The van der Waals surface area contributed by atoms with Gasteiger partial charge in [-0.15, -0.1) is 0 Å². The maximum Gasteiger partial charge on any atom is 0.164 e. The lowest BCUT2D eigenvalue weighted by atomic mass is 9.91. The first-order valence-corrected chi connectivity index (χ1v) is 16.8. The Labute approximate surface area is 292 Å². The standard InChI is InChI=1S/C46H34N4/c1-31-22-28-39(32(2)47-31)41-20-12-13-21-42(41)46-49-44(36-18-10-5-11-19-36)48-45(50-46)37-25-23-35(24-26-37)40-29-27-38(33-14-6-3-7-15-33)30-43(40)34-16-8-4-9-17-34/h3-30H,1-2H3. The number of rotatable bonds is 7. The molecule has 8 aromatic rings. The van der Waals surface area contributed by atoms with Gasteiger partial charge in [-0.2, -0.15) is 0 Å². The van der Waals surface area contributed by atoms with Gasteiger partial charge in [0.05, 0.1) is 0 Å². The van der Waals surface area contributed by atoms with Crippen molar-refractivity contribution < 1.29 is 0 Å². The fourth-order valence-electron chi connectivity index (χ4n) is 6.49. The third-order valence-corrected chi connectivity index (χ3v) is 9.02. The lowest BCUT2D eigenvalue weighted by Gasteiger charge is -2.15. The van der Waals surface area contributed by atoms with Gasteiger partial charge in [0.25, 0.3) is 0 Å². The minimum Gasteiger partial charge on any atom is -0.258 e. The van der Waals surface area contributed by atoms with Gasteiger partial charge in [-0.05, 0) is 64.9 Å². The van der Waals surface area contributed by atoms with Gasteiger partial charge < -0.3 is 0 Å². The third-order valence-electron chi connectivity index (χ3n) is 9.02. The highest BCUT2D eigenvalue weighted by Crippen LogP contribution is 2.37. The van der Waals surface area contributed by atoms with Crippen LogP contribution in [0.25, 0.3) is 78.7 Å². The molecule has 0 aliphatic carbocycles. The molecular weight excluding hydrogens is 609 g/mol. The molecule has 0 unspecified atom stereocenters. The summed E-state index contributed by atoms with van der Waals surface area (Å²) in [6.07, 6.45) is 0. The second-order valence-electron chi connectivity index (χ2n) is 12.4. The van der Waals surface area contributed by atoms with Gasteiger partial charge >= 0.3 is 0 Å². The molecule has 0 atom stereocenters. The van der Waals surface area contributed by atoms with Gasteiger partial charge in [0, 0.05) is 33.6 Å². The first-order chi connectivity index (χ1) is 24.6. The number of aryl methyl sites for hydroxylation is 2. The molecule has 0 saturated carbocycles. The highest BCUT2D eigenvalue weighted by atomic mass is 15.0. The third kappa shape index (κ3) is 6.23. The van der Waals surface area contributed by atoms with E-state index in [-0.39, 0.29) is 0 Å². The van der Waals surface area contributed by atoms with Crippen molar-refractivity contribution in [3.8, 4) is 78.7 Å². The van der Waals surface area contributed by atoms with Crippen LogP contribution >= 0.6 is 0 Å². The topological polar surface area (TPSA) is 51.6 Å². The highest BCUT2D eigenvalue weighted by molar-refractivity contribution is 5.88. The molecular formula is C46H34N4. The number of benzene rings is 6. The molecule has 4 nitrogen and oxygen atoms in total. The fraction of sp³-hybridized carbons (Fsp3) is 0.0435. The predicted molar refractivity (Wildman–Crippen MR) is 205 cm³/mol. The van der Waals surface area contributed by atoms with Gasteiger partial charge in [-0.3, -0.25) is 4.98 Å². The molecule has 8 rings (SSSR count). The molecule has 4 heteroatoms. The summed E-state index contributed by atoms with van der Waals surface area (Å²) in [5.41, 5.74) is 13.9. The summed E-state index contributed by atoms with van der Waals surface area (Å²) in [6.45, 7) is 4.06. The Bertz CT molecular complexity index is 2420. The molecule has 0 aliphatic heterocycles. The molecule has 0 aliphatic rings. The Balaban J connectivity index is 1.23. The quantitative estimate of drug-likeness (QED) is 0.174. The van der Waals surface area contributed by atoms with Crippen LogP contribution in [0.1, 0.15) is 11.4 Å². The Morgan fingerprint density at radius 1 is 0.280 bits per heavy atom. The molecule has 0 saturated heterocycles. The van der Waals surface area contributed by atoms with Crippen molar-refractivity contribution in [2.75, 3.05) is 0 Å². The summed E-state index contributed by atoms with van der Waals surface area (Å²) in [7, 11) is 0. The summed E-state index contributed by atoms with van der Waals surface area (Å²) in [5.74, 6) is 1.87. The van der Waals surface area contributed by atoms with Crippen molar-refractivity contribution in [2.45, 2.75) is 13.8 Å². The van der Waals surface area contributed by atoms with Crippen molar-refractivity contribution >= 4 is 0 Å². The van der Waals surface area contributed by atoms with Crippen LogP contribution in [0.5, 0.6) is 0 Å². The van der Waals surface area contributed by atoms with E-state index in [0.29, 0.717) is 17.5 Å². The fourth-order valence-corrected chi connectivity index (χ4v) is 6.49. The van der Waals surface area contributed by atoms with E-state index < -0.39 is 0 Å². The predicted octanol–water partition coefficient (Wildman–Crippen LogP) is 11.6. The molecule has 0 amide bonds. The van der Waals surface area contributed by atoms with Gasteiger partial charge in [0.15, 0.2) is 17.5 Å². The second kappa shape index (κ2) is 13.5. The van der Waals surface area contributed by atoms with Crippen molar-refractivity contribution in [1.29, 1.82) is 0 Å². The van der Waals surface area contributed by atoms with Crippen molar-refractivity contribution in [2.24, 2.45) is 0 Å². The minimum absolute atomic E-state index is 0.622. The van der Waals surface area contributed by atoms with Crippen LogP contribution in [0.15, 0.2) is 170 Å². The maximum atomic E-state index is 5.10. The average molecular weight is 643 g/mol. The highest BCUT2D eigenvalue weighted by Gasteiger charge is 2.17. The Morgan fingerprint density at radius 3 is 1.38 bits per heavy atom. The minimum atomic E-state index is 0.622. The van der Waals surface area contributed by atoms with E-state index in [1.165, 1.54) is 27.8 Å². The second-order valence-corrected chi connectivity index (χ2v) is 12.4. The zero-order chi connectivity index (χ0) is 33.9. The molecule has 0 fully saturated rings. The van der Waals surface area contributed by atoms with Crippen LogP contribution in [0.2, 0.25) is 0 Å². The van der Waals surface area contributed by atoms with Crippen LogP contribution in [0.3, 0.4) is 0 Å². The lowest BCUT2D eigenvalue weighted by Crippen LogP contribution is -2.01. The molecule has 6 aromatic carbocycles. The molecule has 0 bridgehead atoms. The van der Waals surface area contributed by atoms with E-state index >= 15 is 0 Å². The Hall–Kier alpha value is -6.52. The average Bonchev–Trinajstić information content (AvgIpc) is 3.19.